The molecule has 0 radical (unpaired) electrons. The summed E-state index contributed by atoms with van der Waals surface area (Å²) in [5.41, 5.74) is 0.114. The molecule has 2 atom stereocenters. The van der Waals surface area contributed by atoms with Crippen LogP contribution in [0.25, 0.3) is 0 Å². The van der Waals surface area contributed by atoms with E-state index in [2.05, 4.69) is 0 Å². The smallest absolute Gasteiger partial charge is 0.424 e. The van der Waals surface area contributed by atoms with Crippen LogP contribution in [-0.4, -0.2) is 44.0 Å². The van der Waals surface area contributed by atoms with Crippen LogP contribution in [-0.2, 0) is 24.3 Å². The lowest BCUT2D eigenvalue weighted by molar-refractivity contribution is -0.157. The Hall–Kier alpha value is -2.09. The average Bonchev–Trinajstić information content (AvgIpc) is 2.91. The topological polar surface area (TPSA) is 90.0 Å². The van der Waals surface area contributed by atoms with Crippen molar-refractivity contribution in [1.82, 2.24) is 4.31 Å². The fourth-order valence-electron chi connectivity index (χ4n) is 4.11. The highest BCUT2D eigenvalue weighted by Gasteiger charge is 2.60. The van der Waals surface area contributed by atoms with E-state index < -0.39 is 45.1 Å². The summed E-state index contributed by atoms with van der Waals surface area (Å²) in [4.78, 5) is 25.4. The molecule has 0 spiro atoms. The average molecular weight is 426 g/mol. The van der Waals surface area contributed by atoms with E-state index in [1.165, 1.54) is 7.11 Å². The van der Waals surface area contributed by atoms with Crippen molar-refractivity contribution in [2.45, 2.75) is 72.4 Å². The van der Waals surface area contributed by atoms with Crippen molar-refractivity contribution in [2.75, 3.05) is 7.11 Å². The van der Waals surface area contributed by atoms with Crippen LogP contribution in [0.1, 0.15) is 51.3 Å². The second-order valence-corrected chi connectivity index (χ2v) is 11.1. The zero-order chi connectivity index (χ0) is 22.5. The molecule has 162 valence electrons. The summed E-state index contributed by atoms with van der Waals surface area (Å²) < 4.78 is 38.6. The second kappa shape index (κ2) is 7.31. The minimum Gasteiger partial charge on any atom is -0.468 e. The van der Waals surface area contributed by atoms with Crippen LogP contribution in [0.15, 0.2) is 17.0 Å². The Bertz CT molecular complexity index is 919. The van der Waals surface area contributed by atoms with Gasteiger partial charge in [0.25, 0.3) is 10.0 Å². The summed E-state index contributed by atoms with van der Waals surface area (Å²) in [6.07, 6.45) is -1.98. The van der Waals surface area contributed by atoms with Crippen molar-refractivity contribution in [2.24, 2.45) is 10.8 Å². The lowest BCUT2D eigenvalue weighted by Gasteiger charge is -2.39. The fraction of sp³-hybridized carbons (Fsp3) is 0.619. The molecule has 1 fully saturated rings. The van der Waals surface area contributed by atoms with E-state index in [-0.39, 0.29) is 4.90 Å². The van der Waals surface area contributed by atoms with E-state index in [1.54, 1.807) is 39.8 Å². The quantitative estimate of drug-likeness (QED) is 0.683. The summed E-state index contributed by atoms with van der Waals surface area (Å²) in [5.74, 6) is -0.577. The number of methoxy groups -OCH3 is 1. The highest BCUT2D eigenvalue weighted by Crippen LogP contribution is 2.45. The van der Waals surface area contributed by atoms with Crippen LogP contribution in [0.4, 0.5) is 4.79 Å². The molecular formula is C21H31NO6S. The maximum atomic E-state index is 13.7. The second-order valence-electron chi connectivity index (χ2n) is 9.36. The monoisotopic (exact) mass is 425 g/mol. The number of benzene rings is 1. The Labute approximate surface area is 173 Å². The van der Waals surface area contributed by atoms with Gasteiger partial charge >= 0.3 is 12.1 Å². The van der Waals surface area contributed by atoms with Crippen molar-refractivity contribution in [3.63, 3.8) is 0 Å². The SMILES string of the molecule is COC(=O)C(C)(C)[C@@H]1OC(=O)N(S(=O)(=O)c2c(C)cc(C)cc2C)[C@H]1C(C)(C)C. The molecule has 7 nitrogen and oxygen atoms in total. The fourth-order valence-corrected chi connectivity index (χ4v) is 6.20. The van der Waals surface area contributed by atoms with Gasteiger partial charge in [-0.2, -0.15) is 4.31 Å². The number of amides is 1. The van der Waals surface area contributed by atoms with E-state index in [1.807, 2.05) is 27.7 Å². The maximum absolute atomic E-state index is 13.7. The van der Waals surface area contributed by atoms with Gasteiger partial charge in [-0.05, 0) is 51.2 Å². The van der Waals surface area contributed by atoms with Crippen LogP contribution in [0.5, 0.6) is 0 Å². The lowest BCUT2D eigenvalue weighted by Crippen LogP contribution is -2.54. The molecule has 0 bridgehead atoms. The predicted octanol–water partition coefficient (Wildman–Crippen LogP) is 3.74. The molecule has 1 aliphatic rings. The molecule has 0 aliphatic carbocycles. The first kappa shape index (κ1) is 23.2. The molecule has 29 heavy (non-hydrogen) atoms. The van der Waals surface area contributed by atoms with Crippen molar-refractivity contribution in [3.8, 4) is 0 Å². The van der Waals surface area contributed by atoms with Crippen LogP contribution in [0.2, 0.25) is 0 Å². The Morgan fingerprint density at radius 3 is 1.97 bits per heavy atom. The number of sulfonamides is 1. The van der Waals surface area contributed by atoms with Crippen LogP contribution in [0, 0.1) is 31.6 Å². The third-order valence-corrected chi connectivity index (χ3v) is 7.43. The van der Waals surface area contributed by atoms with Gasteiger partial charge in [0.2, 0.25) is 0 Å². The molecule has 1 heterocycles. The van der Waals surface area contributed by atoms with Gasteiger partial charge in [0, 0.05) is 0 Å². The first-order valence-corrected chi connectivity index (χ1v) is 10.9. The first-order chi connectivity index (χ1) is 13.1. The van der Waals surface area contributed by atoms with Crippen LogP contribution < -0.4 is 0 Å². The molecule has 1 aliphatic heterocycles. The highest BCUT2D eigenvalue weighted by atomic mass is 32.2. The van der Waals surface area contributed by atoms with E-state index in [0.29, 0.717) is 11.1 Å². The molecule has 1 amide bonds. The van der Waals surface area contributed by atoms with E-state index in [9.17, 15) is 18.0 Å². The van der Waals surface area contributed by atoms with Crippen LogP contribution >= 0.6 is 0 Å². The van der Waals surface area contributed by atoms with Crippen molar-refractivity contribution in [3.05, 3.63) is 28.8 Å². The molecule has 2 rings (SSSR count). The molecule has 8 heteroatoms. The third-order valence-electron chi connectivity index (χ3n) is 5.38. The Balaban J connectivity index is 2.71. The summed E-state index contributed by atoms with van der Waals surface area (Å²) >= 11 is 0. The number of rotatable bonds is 4. The largest absolute Gasteiger partial charge is 0.468 e. The summed E-state index contributed by atoms with van der Waals surface area (Å²) in [6, 6.07) is 2.64. The molecule has 0 saturated carbocycles. The first-order valence-electron chi connectivity index (χ1n) is 9.48. The summed E-state index contributed by atoms with van der Waals surface area (Å²) in [6.45, 7) is 13.9. The Morgan fingerprint density at radius 1 is 1.07 bits per heavy atom. The number of hydrogen-bond donors (Lipinski definition) is 0. The van der Waals surface area contributed by atoms with Gasteiger partial charge < -0.3 is 9.47 Å². The van der Waals surface area contributed by atoms with Gasteiger partial charge in [-0.25, -0.2) is 13.2 Å². The van der Waals surface area contributed by atoms with Crippen molar-refractivity contribution >= 4 is 22.1 Å². The number of nitrogens with zero attached hydrogens (tertiary/aromatic N) is 1. The molecule has 0 aromatic heterocycles. The highest BCUT2D eigenvalue weighted by molar-refractivity contribution is 7.89. The molecule has 0 unspecified atom stereocenters. The maximum Gasteiger partial charge on any atom is 0.424 e. The Morgan fingerprint density at radius 2 is 1.55 bits per heavy atom. The van der Waals surface area contributed by atoms with Gasteiger partial charge in [0.1, 0.15) is 11.5 Å². The zero-order valence-corrected chi connectivity index (χ0v) is 19.4. The number of hydrogen-bond acceptors (Lipinski definition) is 6. The van der Waals surface area contributed by atoms with Gasteiger partial charge in [-0.15, -0.1) is 0 Å². The van der Waals surface area contributed by atoms with Gasteiger partial charge in [0.05, 0.1) is 18.0 Å². The minimum absolute atomic E-state index is 0.0887. The van der Waals surface area contributed by atoms with Gasteiger partial charge in [-0.1, -0.05) is 38.5 Å². The number of aryl methyl sites for hydroxylation is 3. The zero-order valence-electron chi connectivity index (χ0n) is 18.6. The van der Waals surface area contributed by atoms with Crippen LogP contribution in [0.3, 0.4) is 0 Å². The van der Waals surface area contributed by atoms with Crippen molar-refractivity contribution in [1.29, 1.82) is 0 Å². The normalized spacial score (nSPS) is 20.6. The third kappa shape index (κ3) is 3.86. The standard InChI is InChI=1S/C21H31NO6S/c1-12-10-13(2)15(14(3)11-12)29(25,26)22-16(20(4,5)6)17(28-19(22)24)21(7,8)18(23)27-9/h10-11,16-17H,1-9H3/t16-,17-/m1/s1. The molecule has 1 aromatic carbocycles. The number of carbonyl (C=O) groups excluding carboxylic acids is 2. The number of carbonyl (C=O) groups is 2. The summed E-state index contributed by atoms with van der Waals surface area (Å²) in [5, 5.41) is 0. The number of cyclic esters (lactones) is 1. The molecular weight excluding hydrogens is 394 g/mol. The van der Waals surface area contributed by atoms with E-state index in [4.69, 9.17) is 9.47 Å². The van der Waals surface area contributed by atoms with Gasteiger partial charge in [-0.3, -0.25) is 4.79 Å². The number of esters is 1. The van der Waals surface area contributed by atoms with Crippen molar-refractivity contribution < 1.29 is 27.5 Å². The Kier molecular flexibility index (Phi) is 5.84. The lowest BCUT2D eigenvalue weighted by atomic mass is 9.74. The van der Waals surface area contributed by atoms with E-state index >= 15 is 0 Å². The predicted molar refractivity (Wildman–Crippen MR) is 109 cm³/mol. The van der Waals surface area contributed by atoms with E-state index in [0.717, 1.165) is 9.87 Å². The van der Waals surface area contributed by atoms with Gasteiger partial charge in [0.15, 0.2) is 0 Å². The molecule has 0 N–H and O–H groups in total. The molecule has 1 saturated heterocycles. The minimum atomic E-state index is -4.22. The summed E-state index contributed by atoms with van der Waals surface area (Å²) in [7, 11) is -2.97. The molecule has 1 aromatic rings. The number of ether oxygens (including phenoxy) is 2.